The first-order valence-electron chi connectivity index (χ1n) is 2.98. The molecule has 2 nitrogen and oxygen atoms in total. The van der Waals surface area contributed by atoms with Gasteiger partial charge in [-0.15, -0.1) is 0 Å². The van der Waals surface area contributed by atoms with Crippen LogP contribution in [0.15, 0.2) is 0 Å². The zero-order chi connectivity index (χ0) is 6.85. The van der Waals surface area contributed by atoms with Gasteiger partial charge in [0.15, 0.2) is 5.78 Å². The molecule has 1 aliphatic heterocycles. The second kappa shape index (κ2) is 2.80. The fourth-order valence-corrected chi connectivity index (χ4v) is 1.15. The first-order chi connectivity index (χ1) is 4.20. The fraction of sp³-hybridized carbons (Fsp3) is 0.833. The van der Waals surface area contributed by atoms with Gasteiger partial charge in [-0.1, -0.05) is 15.9 Å². The molecule has 9 heavy (non-hydrogen) atoms. The molecule has 0 bridgehead atoms. The van der Waals surface area contributed by atoms with Gasteiger partial charge < -0.3 is 4.74 Å². The summed E-state index contributed by atoms with van der Waals surface area (Å²) in [6.45, 7) is 2.44. The van der Waals surface area contributed by atoms with E-state index in [1.807, 2.05) is 6.92 Å². The Labute approximate surface area is 62.7 Å². The second-order valence-corrected chi connectivity index (χ2v) is 3.39. The van der Waals surface area contributed by atoms with Crippen LogP contribution in [0.3, 0.4) is 0 Å². The molecule has 0 aromatic rings. The number of carbonyl (C=O) groups excluding carboxylic acids is 1. The SMILES string of the molecule is C[C@@H]1CC(=O)[C@@H](Br)CO1. The van der Waals surface area contributed by atoms with Gasteiger partial charge in [-0.25, -0.2) is 0 Å². The van der Waals surface area contributed by atoms with Crippen molar-refractivity contribution in [3.05, 3.63) is 0 Å². The van der Waals surface area contributed by atoms with Crippen molar-refractivity contribution in [1.29, 1.82) is 0 Å². The molecule has 0 amide bonds. The summed E-state index contributed by atoms with van der Waals surface area (Å²) in [4.78, 5) is 10.8. The molecule has 1 fully saturated rings. The van der Waals surface area contributed by atoms with E-state index in [2.05, 4.69) is 15.9 Å². The van der Waals surface area contributed by atoms with Gasteiger partial charge >= 0.3 is 0 Å². The molecule has 0 spiro atoms. The van der Waals surface area contributed by atoms with Crippen LogP contribution in [-0.2, 0) is 9.53 Å². The average molecular weight is 193 g/mol. The number of ketones is 1. The number of ether oxygens (including phenoxy) is 1. The van der Waals surface area contributed by atoms with Gasteiger partial charge in [0.05, 0.1) is 17.5 Å². The Morgan fingerprint density at radius 3 is 2.89 bits per heavy atom. The minimum Gasteiger partial charge on any atom is -0.376 e. The number of halogens is 1. The van der Waals surface area contributed by atoms with Crippen molar-refractivity contribution in [2.75, 3.05) is 6.61 Å². The second-order valence-electron chi connectivity index (χ2n) is 2.28. The van der Waals surface area contributed by atoms with Gasteiger partial charge in [0.1, 0.15) is 0 Å². The highest BCUT2D eigenvalue weighted by Gasteiger charge is 2.23. The van der Waals surface area contributed by atoms with E-state index in [1.165, 1.54) is 0 Å². The summed E-state index contributed by atoms with van der Waals surface area (Å²) in [5.74, 6) is 0.258. The molecule has 1 heterocycles. The summed E-state index contributed by atoms with van der Waals surface area (Å²) >= 11 is 3.21. The molecule has 2 atom stereocenters. The Bertz CT molecular complexity index is 124. The van der Waals surface area contributed by atoms with Gasteiger partial charge in [0, 0.05) is 6.42 Å². The summed E-state index contributed by atoms with van der Waals surface area (Å²) in [5.41, 5.74) is 0. The van der Waals surface area contributed by atoms with Crippen molar-refractivity contribution in [3.63, 3.8) is 0 Å². The van der Waals surface area contributed by atoms with Crippen molar-refractivity contribution in [2.24, 2.45) is 0 Å². The van der Waals surface area contributed by atoms with Crippen LogP contribution in [0.1, 0.15) is 13.3 Å². The summed E-state index contributed by atoms with van der Waals surface area (Å²) in [7, 11) is 0. The van der Waals surface area contributed by atoms with Crippen LogP contribution < -0.4 is 0 Å². The fourth-order valence-electron chi connectivity index (χ4n) is 0.812. The molecule has 0 aliphatic carbocycles. The van der Waals surface area contributed by atoms with Gasteiger partial charge in [0.25, 0.3) is 0 Å². The van der Waals surface area contributed by atoms with E-state index in [-0.39, 0.29) is 16.7 Å². The number of hydrogen-bond donors (Lipinski definition) is 0. The first kappa shape index (κ1) is 7.22. The Balaban J connectivity index is 2.44. The largest absolute Gasteiger partial charge is 0.376 e. The van der Waals surface area contributed by atoms with Crippen molar-refractivity contribution >= 4 is 21.7 Å². The third-order valence-corrected chi connectivity index (χ3v) is 2.14. The van der Waals surface area contributed by atoms with Crippen molar-refractivity contribution in [2.45, 2.75) is 24.3 Å². The lowest BCUT2D eigenvalue weighted by molar-refractivity contribution is -0.126. The molecule has 0 radical (unpaired) electrons. The maximum atomic E-state index is 10.9. The molecule has 0 aromatic carbocycles. The first-order valence-corrected chi connectivity index (χ1v) is 3.90. The van der Waals surface area contributed by atoms with Crippen molar-refractivity contribution < 1.29 is 9.53 Å². The van der Waals surface area contributed by atoms with E-state index in [4.69, 9.17) is 4.74 Å². The molecule has 1 rings (SSSR count). The molecule has 0 aromatic heterocycles. The summed E-state index contributed by atoms with van der Waals surface area (Å²) in [5, 5.41) is 0. The predicted octanol–water partition coefficient (Wildman–Crippen LogP) is 1.13. The standard InChI is InChI=1S/C6H9BrO2/c1-4-2-6(8)5(7)3-9-4/h4-5H,2-3H2,1H3/t4-,5+/m1/s1. The molecular formula is C6H9BrO2. The molecule has 0 N–H and O–H groups in total. The van der Waals surface area contributed by atoms with E-state index in [1.54, 1.807) is 0 Å². The third kappa shape index (κ3) is 1.76. The summed E-state index contributed by atoms with van der Waals surface area (Å²) < 4.78 is 5.19. The van der Waals surface area contributed by atoms with Crippen LogP contribution in [0.5, 0.6) is 0 Å². The van der Waals surface area contributed by atoms with Crippen LogP contribution in [-0.4, -0.2) is 23.3 Å². The topological polar surface area (TPSA) is 26.3 Å². The molecule has 0 unspecified atom stereocenters. The van der Waals surface area contributed by atoms with Crippen molar-refractivity contribution in [1.82, 2.24) is 0 Å². The minimum atomic E-state index is -0.0614. The highest BCUT2D eigenvalue weighted by Crippen LogP contribution is 2.14. The minimum absolute atomic E-state index is 0.0614. The van der Waals surface area contributed by atoms with E-state index in [9.17, 15) is 4.79 Å². The zero-order valence-corrected chi connectivity index (χ0v) is 6.85. The van der Waals surface area contributed by atoms with Crippen LogP contribution in [0.4, 0.5) is 0 Å². The van der Waals surface area contributed by atoms with E-state index >= 15 is 0 Å². The highest BCUT2D eigenvalue weighted by molar-refractivity contribution is 9.10. The van der Waals surface area contributed by atoms with E-state index in [0.717, 1.165) is 0 Å². The normalized spacial score (nSPS) is 36.9. The van der Waals surface area contributed by atoms with Gasteiger partial charge in [-0.3, -0.25) is 4.79 Å². The quantitative estimate of drug-likeness (QED) is 0.539. The van der Waals surface area contributed by atoms with Gasteiger partial charge in [-0.2, -0.15) is 0 Å². The Hall–Kier alpha value is 0.110. The molecule has 1 aliphatic rings. The monoisotopic (exact) mass is 192 g/mol. The Morgan fingerprint density at radius 1 is 1.78 bits per heavy atom. The van der Waals surface area contributed by atoms with Gasteiger partial charge in [0.2, 0.25) is 0 Å². The van der Waals surface area contributed by atoms with E-state index in [0.29, 0.717) is 13.0 Å². The number of hydrogen-bond acceptors (Lipinski definition) is 2. The molecule has 3 heteroatoms. The van der Waals surface area contributed by atoms with E-state index < -0.39 is 0 Å². The Morgan fingerprint density at radius 2 is 2.44 bits per heavy atom. The van der Waals surface area contributed by atoms with Crippen LogP contribution in [0.25, 0.3) is 0 Å². The molecule has 1 saturated heterocycles. The Kier molecular flexibility index (Phi) is 2.24. The number of rotatable bonds is 0. The average Bonchev–Trinajstić information content (AvgIpc) is 1.80. The highest BCUT2D eigenvalue weighted by atomic mass is 79.9. The smallest absolute Gasteiger partial charge is 0.151 e. The van der Waals surface area contributed by atoms with Crippen LogP contribution in [0.2, 0.25) is 0 Å². The number of Topliss-reactive ketones (excluding diaryl/α,β-unsaturated/α-hetero) is 1. The lowest BCUT2D eigenvalue weighted by Gasteiger charge is -2.21. The summed E-state index contributed by atoms with van der Waals surface area (Å²) in [6, 6.07) is 0. The lowest BCUT2D eigenvalue weighted by atomic mass is 10.1. The number of carbonyl (C=O) groups is 1. The molecule has 52 valence electrons. The third-order valence-electron chi connectivity index (χ3n) is 1.37. The molecule has 0 saturated carbocycles. The maximum Gasteiger partial charge on any atom is 0.151 e. The zero-order valence-electron chi connectivity index (χ0n) is 5.26. The molecular weight excluding hydrogens is 184 g/mol. The maximum absolute atomic E-state index is 10.9. The van der Waals surface area contributed by atoms with Crippen LogP contribution in [0, 0.1) is 0 Å². The summed E-state index contributed by atoms with van der Waals surface area (Å²) in [6.07, 6.45) is 0.668. The number of alkyl halides is 1. The van der Waals surface area contributed by atoms with Gasteiger partial charge in [-0.05, 0) is 6.92 Å². The van der Waals surface area contributed by atoms with Crippen molar-refractivity contribution in [3.8, 4) is 0 Å². The predicted molar refractivity (Wildman–Crippen MR) is 37.8 cm³/mol. The lowest BCUT2D eigenvalue weighted by Crippen LogP contribution is -2.32. The van der Waals surface area contributed by atoms with Crippen LogP contribution >= 0.6 is 15.9 Å².